The summed E-state index contributed by atoms with van der Waals surface area (Å²) < 4.78 is 0.760. The van der Waals surface area contributed by atoms with E-state index in [9.17, 15) is 9.59 Å². The Balaban J connectivity index is 1.31. The highest BCUT2D eigenvalue weighted by molar-refractivity contribution is 7.17. The molecule has 1 atom stereocenters. The smallest absolute Gasteiger partial charge is 0.274 e. The number of nitrogens with zero attached hydrogens (tertiary/aromatic N) is 4. The van der Waals surface area contributed by atoms with E-state index in [1.165, 1.54) is 11.3 Å². The minimum absolute atomic E-state index is 0.00233. The van der Waals surface area contributed by atoms with Gasteiger partial charge in [0.2, 0.25) is 11.9 Å². The lowest BCUT2D eigenvalue weighted by Gasteiger charge is -2.39. The quantitative estimate of drug-likeness (QED) is 0.570. The summed E-state index contributed by atoms with van der Waals surface area (Å²) in [6.07, 6.45) is 5.18. The van der Waals surface area contributed by atoms with Crippen LogP contribution in [0.15, 0.2) is 29.9 Å². The van der Waals surface area contributed by atoms with Crippen molar-refractivity contribution in [3.05, 3.63) is 46.2 Å². The van der Waals surface area contributed by atoms with E-state index in [1.54, 1.807) is 17.3 Å². The second-order valence-corrected chi connectivity index (χ2v) is 10.1. The lowest BCUT2D eigenvalue weighted by Crippen LogP contribution is -2.61. The molecule has 1 saturated heterocycles. The van der Waals surface area contributed by atoms with Crippen molar-refractivity contribution in [1.82, 2.24) is 25.2 Å². The van der Waals surface area contributed by atoms with Crippen LogP contribution in [0.3, 0.4) is 0 Å². The van der Waals surface area contributed by atoms with Crippen molar-refractivity contribution < 1.29 is 9.59 Å². The van der Waals surface area contributed by atoms with Gasteiger partial charge in [0.15, 0.2) is 5.69 Å². The molecule has 3 aromatic rings. The summed E-state index contributed by atoms with van der Waals surface area (Å²) in [6, 6.07) is 3.56. The number of halogens is 1. The first kappa shape index (κ1) is 21.1. The van der Waals surface area contributed by atoms with Gasteiger partial charge in [0.05, 0.1) is 27.3 Å². The first-order valence-electron chi connectivity index (χ1n) is 10.5. The summed E-state index contributed by atoms with van der Waals surface area (Å²) in [7, 11) is 0. The van der Waals surface area contributed by atoms with Crippen LogP contribution in [0.25, 0.3) is 10.2 Å². The SMILES string of the molecule is C[C@H](Nc1nc(C(=O)N2CC(NC(=O)C3(C)CC3)C2)c2sccc2n1)c1cncc(Cl)c1. The molecule has 1 saturated carbocycles. The van der Waals surface area contributed by atoms with Gasteiger partial charge in [-0.05, 0) is 42.8 Å². The molecule has 3 aromatic heterocycles. The molecule has 32 heavy (non-hydrogen) atoms. The number of hydrogen-bond acceptors (Lipinski definition) is 7. The number of carbonyl (C=O) groups is 2. The highest BCUT2D eigenvalue weighted by Crippen LogP contribution is 2.45. The molecule has 2 aliphatic rings. The highest BCUT2D eigenvalue weighted by atomic mass is 35.5. The fraction of sp³-hybridized carbons (Fsp3) is 0.409. The van der Waals surface area contributed by atoms with Gasteiger partial charge in [-0.1, -0.05) is 18.5 Å². The normalized spacial score (nSPS) is 18.2. The Labute approximate surface area is 194 Å². The van der Waals surface area contributed by atoms with E-state index in [4.69, 9.17) is 11.6 Å². The molecule has 1 aliphatic heterocycles. The molecule has 2 amide bonds. The van der Waals surface area contributed by atoms with Crippen LogP contribution in [-0.4, -0.2) is 50.8 Å². The zero-order chi connectivity index (χ0) is 22.5. The molecule has 8 nitrogen and oxygen atoms in total. The molecular formula is C22H23ClN6O2S. The number of likely N-dealkylation sites (tertiary alicyclic amines) is 1. The van der Waals surface area contributed by atoms with Gasteiger partial charge in [-0.3, -0.25) is 14.6 Å². The van der Waals surface area contributed by atoms with E-state index in [-0.39, 0.29) is 29.3 Å². The van der Waals surface area contributed by atoms with Crippen molar-refractivity contribution >= 4 is 50.9 Å². The van der Waals surface area contributed by atoms with Crippen LogP contribution in [0.2, 0.25) is 5.02 Å². The third kappa shape index (κ3) is 4.02. The summed E-state index contributed by atoms with van der Waals surface area (Å²) in [4.78, 5) is 40.4. The minimum Gasteiger partial charge on any atom is -0.349 e. The molecule has 1 aliphatic carbocycles. The van der Waals surface area contributed by atoms with Crippen LogP contribution in [0.4, 0.5) is 5.95 Å². The number of amides is 2. The number of hydrogen-bond donors (Lipinski definition) is 2. The van der Waals surface area contributed by atoms with Crippen molar-refractivity contribution in [2.24, 2.45) is 5.41 Å². The Morgan fingerprint density at radius 2 is 2.06 bits per heavy atom. The molecule has 0 radical (unpaired) electrons. The standard InChI is InChI=1S/C22H23ClN6O2S/c1-12(13-7-14(23)9-24-8-13)25-21-27-16-3-6-32-18(16)17(28-21)19(30)29-10-15(11-29)26-20(31)22(2)4-5-22/h3,6-9,12,15H,4-5,10-11H2,1-2H3,(H,26,31)(H,25,27,28)/t12-/m0/s1. The summed E-state index contributed by atoms with van der Waals surface area (Å²) >= 11 is 7.50. The van der Waals surface area contributed by atoms with E-state index < -0.39 is 0 Å². The van der Waals surface area contributed by atoms with Crippen LogP contribution in [-0.2, 0) is 4.79 Å². The number of anilines is 1. The van der Waals surface area contributed by atoms with Gasteiger partial charge >= 0.3 is 0 Å². The number of carbonyl (C=O) groups excluding carboxylic acids is 2. The van der Waals surface area contributed by atoms with E-state index in [0.717, 1.165) is 28.6 Å². The Hall–Kier alpha value is -2.78. The van der Waals surface area contributed by atoms with Crippen LogP contribution >= 0.6 is 22.9 Å². The Morgan fingerprint density at radius 1 is 1.28 bits per heavy atom. The molecule has 0 spiro atoms. The minimum atomic E-state index is -0.212. The number of rotatable bonds is 6. The number of aromatic nitrogens is 3. The Kier molecular flexibility index (Phi) is 5.25. The van der Waals surface area contributed by atoms with Crippen molar-refractivity contribution in [3.63, 3.8) is 0 Å². The maximum absolute atomic E-state index is 13.2. The fourth-order valence-electron chi connectivity index (χ4n) is 3.67. The van der Waals surface area contributed by atoms with Crippen LogP contribution in [0.1, 0.15) is 48.8 Å². The van der Waals surface area contributed by atoms with Gasteiger partial charge in [0.1, 0.15) is 0 Å². The zero-order valence-corrected chi connectivity index (χ0v) is 19.3. The molecule has 2 N–H and O–H groups in total. The first-order chi connectivity index (χ1) is 15.3. The van der Waals surface area contributed by atoms with Gasteiger partial charge in [-0.2, -0.15) is 0 Å². The van der Waals surface area contributed by atoms with Gasteiger partial charge in [-0.15, -0.1) is 11.3 Å². The molecule has 2 fully saturated rings. The molecule has 166 valence electrons. The Morgan fingerprint density at radius 3 is 2.78 bits per heavy atom. The van der Waals surface area contributed by atoms with E-state index in [1.807, 2.05) is 31.4 Å². The molecule has 0 unspecified atom stereocenters. The van der Waals surface area contributed by atoms with Crippen molar-refractivity contribution in [2.45, 2.75) is 38.8 Å². The van der Waals surface area contributed by atoms with Gasteiger partial charge in [-0.25, -0.2) is 9.97 Å². The largest absolute Gasteiger partial charge is 0.349 e. The fourth-order valence-corrected chi connectivity index (χ4v) is 4.67. The topological polar surface area (TPSA) is 100 Å². The number of thiophene rings is 1. The second kappa shape index (κ2) is 7.97. The first-order valence-corrected chi connectivity index (χ1v) is 11.8. The maximum Gasteiger partial charge on any atom is 0.274 e. The third-order valence-electron chi connectivity index (χ3n) is 6.13. The summed E-state index contributed by atoms with van der Waals surface area (Å²) in [6.45, 7) is 4.92. The van der Waals surface area contributed by atoms with Crippen LogP contribution in [0.5, 0.6) is 0 Å². The summed E-state index contributed by atoms with van der Waals surface area (Å²) in [5, 5.41) is 8.76. The monoisotopic (exact) mass is 470 g/mol. The molecule has 4 heterocycles. The lowest BCUT2D eigenvalue weighted by molar-refractivity contribution is -0.127. The van der Waals surface area contributed by atoms with E-state index >= 15 is 0 Å². The highest BCUT2D eigenvalue weighted by Gasteiger charge is 2.46. The maximum atomic E-state index is 13.2. The van der Waals surface area contributed by atoms with Crippen molar-refractivity contribution in [2.75, 3.05) is 18.4 Å². The average Bonchev–Trinajstić information content (AvgIpc) is 3.31. The molecule has 0 bridgehead atoms. The van der Waals surface area contributed by atoms with Crippen LogP contribution in [0, 0.1) is 5.41 Å². The summed E-state index contributed by atoms with van der Waals surface area (Å²) in [5.41, 5.74) is 1.78. The molecular weight excluding hydrogens is 448 g/mol. The number of fused-ring (bicyclic) bond motifs is 1. The van der Waals surface area contributed by atoms with Gasteiger partial charge in [0.25, 0.3) is 5.91 Å². The number of nitrogens with one attached hydrogen (secondary N) is 2. The van der Waals surface area contributed by atoms with Crippen LogP contribution < -0.4 is 10.6 Å². The number of pyridine rings is 1. The molecule has 5 rings (SSSR count). The molecule has 0 aromatic carbocycles. The van der Waals surface area contributed by atoms with Crippen molar-refractivity contribution in [1.29, 1.82) is 0 Å². The van der Waals surface area contributed by atoms with Gasteiger partial charge < -0.3 is 15.5 Å². The predicted molar refractivity (Wildman–Crippen MR) is 124 cm³/mol. The van der Waals surface area contributed by atoms with Crippen molar-refractivity contribution in [3.8, 4) is 0 Å². The van der Waals surface area contributed by atoms with E-state index in [2.05, 4.69) is 25.6 Å². The van der Waals surface area contributed by atoms with E-state index in [0.29, 0.717) is 29.8 Å². The van der Waals surface area contributed by atoms with Gasteiger partial charge in [0, 0.05) is 30.9 Å². The predicted octanol–water partition coefficient (Wildman–Crippen LogP) is 3.65. The molecule has 10 heteroatoms. The summed E-state index contributed by atoms with van der Waals surface area (Å²) in [5.74, 6) is 0.315. The zero-order valence-electron chi connectivity index (χ0n) is 17.8. The lowest BCUT2D eigenvalue weighted by atomic mass is 10.0. The third-order valence-corrected chi connectivity index (χ3v) is 7.25. The average molecular weight is 471 g/mol. The Bertz CT molecular complexity index is 1200. The second-order valence-electron chi connectivity index (χ2n) is 8.77.